The van der Waals surface area contributed by atoms with Gasteiger partial charge in [0, 0.05) is 13.7 Å². The van der Waals surface area contributed by atoms with Gasteiger partial charge in [-0.3, -0.25) is 4.79 Å². The van der Waals surface area contributed by atoms with Crippen molar-refractivity contribution < 1.29 is 9.53 Å². The van der Waals surface area contributed by atoms with Crippen LogP contribution in [0.1, 0.15) is 10.8 Å². The van der Waals surface area contributed by atoms with Gasteiger partial charge in [-0.2, -0.15) is 0 Å². The number of carbonyl (C=O) groups excluding carboxylic acids is 1. The topological polar surface area (TPSA) is 90.1 Å². The largest absolute Gasteiger partial charge is 0.383 e. The molecule has 1 amide bonds. The van der Waals surface area contributed by atoms with Gasteiger partial charge in [0.1, 0.15) is 5.25 Å². The lowest BCUT2D eigenvalue weighted by molar-refractivity contribution is -0.117. The van der Waals surface area contributed by atoms with Crippen LogP contribution in [0.4, 0.5) is 5.13 Å². The van der Waals surface area contributed by atoms with Gasteiger partial charge in [0.15, 0.2) is 4.34 Å². The molecule has 6 nitrogen and oxygen atoms in total. The second-order valence-electron chi connectivity index (χ2n) is 4.10. The number of aromatic nitrogens is 2. The van der Waals surface area contributed by atoms with E-state index in [0.29, 0.717) is 22.6 Å². The van der Waals surface area contributed by atoms with Crippen molar-refractivity contribution in [1.82, 2.24) is 10.2 Å². The Morgan fingerprint density at radius 2 is 2.19 bits per heavy atom. The summed E-state index contributed by atoms with van der Waals surface area (Å²) < 4.78 is 5.65. The molecule has 0 aliphatic rings. The van der Waals surface area contributed by atoms with Crippen LogP contribution in [0.2, 0.25) is 0 Å². The zero-order valence-electron chi connectivity index (χ0n) is 11.5. The van der Waals surface area contributed by atoms with E-state index in [-0.39, 0.29) is 0 Å². The molecular formula is C13H16N4O2S2. The summed E-state index contributed by atoms with van der Waals surface area (Å²) in [5.74, 6) is -0.393. The molecule has 1 aromatic carbocycles. The minimum Gasteiger partial charge on any atom is -0.383 e. The first-order chi connectivity index (χ1) is 10.2. The highest BCUT2D eigenvalue weighted by Gasteiger charge is 2.21. The van der Waals surface area contributed by atoms with E-state index in [0.717, 1.165) is 5.56 Å². The molecule has 2 rings (SSSR count). The Morgan fingerprint density at radius 3 is 2.86 bits per heavy atom. The van der Waals surface area contributed by atoms with E-state index in [1.54, 1.807) is 7.11 Å². The van der Waals surface area contributed by atoms with Crippen LogP contribution in [0.5, 0.6) is 0 Å². The van der Waals surface area contributed by atoms with Crippen LogP contribution in [0.3, 0.4) is 0 Å². The molecule has 0 bridgehead atoms. The fourth-order valence-corrected chi connectivity index (χ4v) is 3.53. The van der Waals surface area contributed by atoms with Crippen LogP contribution < -0.4 is 11.1 Å². The summed E-state index contributed by atoms with van der Waals surface area (Å²) in [5.41, 5.74) is 6.35. The summed E-state index contributed by atoms with van der Waals surface area (Å²) in [6.07, 6.45) is 0. The summed E-state index contributed by atoms with van der Waals surface area (Å²) in [5, 5.41) is 11.4. The third-order valence-corrected chi connectivity index (χ3v) is 4.81. The van der Waals surface area contributed by atoms with Gasteiger partial charge in [-0.15, -0.1) is 10.2 Å². The van der Waals surface area contributed by atoms with Gasteiger partial charge in [-0.25, -0.2) is 0 Å². The first-order valence-corrected chi connectivity index (χ1v) is 7.97. The van der Waals surface area contributed by atoms with E-state index >= 15 is 0 Å². The zero-order valence-corrected chi connectivity index (χ0v) is 13.1. The van der Waals surface area contributed by atoms with Gasteiger partial charge in [-0.05, 0) is 5.56 Å². The smallest absolute Gasteiger partial charge is 0.235 e. The van der Waals surface area contributed by atoms with E-state index in [1.807, 2.05) is 30.3 Å². The van der Waals surface area contributed by atoms with Crippen molar-refractivity contribution in [3.63, 3.8) is 0 Å². The second-order valence-corrected chi connectivity index (χ2v) is 6.43. The van der Waals surface area contributed by atoms with Crippen LogP contribution in [-0.4, -0.2) is 36.4 Å². The summed E-state index contributed by atoms with van der Waals surface area (Å²) >= 11 is 2.70. The number of hydrogen-bond acceptors (Lipinski definition) is 7. The lowest BCUT2D eigenvalue weighted by Gasteiger charge is -2.10. The molecule has 3 N–H and O–H groups in total. The Labute approximate surface area is 131 Å². The molecule has 0 saturated heterocycles. The van der Waals surface area contributed by atoms with E-state index in [2.05, 4.69) is 15.5 Å². The lowest BCUT2D eigenvalue weighted by Crippen LogP contribution is -2.18. The number of rotatable bonds is 8. The van der Waals surface area contributed by atoms with Gasteiger partial charge in [0.05, 0.1) is 6.61 Å². The maximum absolute atomic E-state index is 11.6. The average Bonchev–Trinajstić information content (AvgIpc) is 2.93. The molecule has 8 heteroatoms. The molecule has 1 atom stereocenters. The number of hydrogen-bond donors (Lipinski definition) is 2. The molecule has 0 aliphatic heterocycles. The first kappa shape index (κ1) is 15.7. The van der Waals surface area contributed by atoms with Crippen LogP contribution in [0.15, 0.2) is 34.7 Å². The number of primary amides is 1. The molecule has 21 heavy (non-hydrogen) atoms. The molecule has 0 aliphatic carbocycles. The molecule has 112 valence electrons. The van der Waals surface area contributed by atoms with Crippen molar-refractivity contribution in [3.05, 3.63) is 35.9 Å². The molecular weight excluding hydrogens is 308 g/mol. The zero-order chi connectivity index (χ0) is 15.1. The Bertz CT molecular complexity index is 577. The number of amides is 1. The number of thioether (sulfide) groups is 1. The van der Waals surface area contributed by atoms with Gasteiger partial charge in [0.2, 0.25) is 11.0 Å². The summed E-state index contributed by atoms with van der Waals surface area (Å²) in [6, 6.07) is 9.41. The SMILES string of the molecule is COCCNc1nnc(SC(C(N)=O)c2ccccc2)s1. The fourth-order valence-electron chi connectivity index (χ4n) is 1.61. The molecule has 1 unspecified atom stereocenters. The van der Waals surface area contributed by atoms with E-state index in [9.17, 15) is 4.79 Å². The van der Waals surface area contributed by atoms with Gasteiger partial charge in [-0.1, -0.05) is 53.4 Å². The maximum Gasteiger partial charge on any atom is 0.235 e. The van der Waals surface area contributed by atoms with Crippen molar-refractivity contribution in [3.8, 4) is 0 Å². The molecule has 1 aromatic heterocycles. The van der Waals surface area contributed by atoms with Gasteiger partial charge < -0.3 is 15.8 Å². The van der Waals surface area contributed by atoms with Crippen LogP contribution in [0.25, 0.3) is 0 Å². The number of anilines is 1. The van der Waals surface area contributed by atoms with Crippen molar-refractivity contribution in [2.75, 3.05) is 25.6 Å². The highest BCUT2D eigenvalue weighted by atomic mass is 32.2. The number of nitrogens with zero attached hydrogens (tertiary/aromatic N) is 2. The van der Waals surface area contributed by atoms with Gasteiger partial charge in [0.25, 0.3) is 0 Å². The lowest BCUT2D eigenvalue weighted by atomic mass is 10.1. The predicted octanol–water partition coefficient (Wildman–Crippen LogP) is 1.92. The summed E-state index contributed by atoms with van der Waals surface area (Å²) in [4.78, 5) is 11.6. The Kier molecular flexibility index (Phi) is 5.97. The molecule has 1 heterocycles. The Balaban J connectivity index is 2.03. The minimum absolute atomic E-state index is 0.393. The summed E-state index contributed by atoms with van der Waals surface area (Å²) in [6.45, 7) is 1.25. The van der Waals surface area contributed by atoms with E-state index in [1.165, 1.54) is 23.1 Å². The number of benzene rings is 1. The van der Waals surface area contributed by atoms with E-state index < -0.39 is 11.2 Å². The predicted molar refractivity (Wildman–Crippen MR) is 84.5 cm³/mol. The number of carbonyl (C=O) groups is 1. The normalized spacial score (nSPS) is 12.0. The number of nitrogens with two attached hydrogens (primary N) is 1. The Hall–Kier alpha value is -1.64. The Morgan fingerprint density at radius 1 is 1.43 bits per heavy atom. The number of methoxy groups -OCH3 is 1. The second kappa shape index (κ2) is 7.96. The van der Waals surface area contributed by atoms with E-state index in [4.69, 9.17) is 10.5 Å². The standard InChI is InChI=1S/C13H16N4O2S2/c1-19-8-7-15-12-16-17-13(21-12)20-10(11(14)18)9-5-3-2-4-6-9/h2-6,10H,7-8H2,1H3,(H2,14,18)(H,15,16). The molecule has 0 fully saturated rings. The van der Waals surface area contributed by atoms with Crippen LogP contribution in [-0.2, 0) is 9.53 Å². The maximum atomic E-state index is 11.6. The van der Waals surface area contributed by atoms with Crippen LogP contribution >= 0.6 is 23.1 Å². The third-order valence-electron chi connectivity index (χ3n) is 2.57. The number of ether oxygens (including phenoxy) is 1. The highest BCUT2D eigenvalue weighted by Crippen LogP contribution is 2.37. The fraction of sp³-hybridized carbons (Fsp3) is 0.308. The molecule has 0 spiro atoms. The summed E-state index contributed by atoms with van der Waals surface area (Å²) in [7, 11) is 1.64. The average molecular weight is 324 g/mol. The quantitative estimate of drug-likeness (QED) is 0.569. The van der Waals surface area contributed by atoms with Crippen LogP contribution in [0, 0.1) is 0 Å². The minimum atomic E-state index is -0.467. The van der Waals surface area contributed by atoms with Gasteiger partial charge >= 0.3 is 0 Å². The third kappa shape index (κ3) is 4.69. The monoisotopic (exact) mass is 324 g/mol. The number of nitrogens with one attached hydrogen (secondary N) is 1. The van der Waals surface area contributed by atoms with Crippen molar-refractivity contribution >= 4 is 34.1 Å². The van der Waals surface area contributed by atoms with Crippen molar-refractivity contribution in [2.45, 2.75) is 9.59 Å². The van der Waals surface area contributed by atoms with Crippen molar-refractivity contribution in [2.24, 2.45) is 5.73 Å². The highest BCUT2D eigenvalue weighted by molar-refractivity contribution is 8.01. The molecule has 0 radical (unpaired) electrons. The molecule has 0 saturated carbocycles. The first-order valence-electron chi connectivity index (χ1n) is 6.28. The molecule has 2 aromatic rings. The van der Waals surface area contributed by atoms with Crippen molar-refractivity contribution in [1.29, 1.82) is 0 Å².